The number of hydrogen-bond donors (Lipinski definition) is 1. The van der Waals surface area contributed by atoms with Crippen molar-refractivity contribution in [2.75, 3.05) is 7.11 Å². The van der Waals surface area contributed by atoms with Gasteiger partial charge in [-0.3, -0.25) is 0 Å². The molecule has 0 bridgehead atoms. The molecule has 1 heterocycles. The second kappa shape index (κ2) is 6.46. The first kappa shape index (κ1) is 16.5. The Kier molecular flexibility index (Phi) is 4.83. The van der Waals surface area contributed by atoms with Crippen LogP contribution >= 0.6 is 11.6 Å². The third-order valence-electron chi connectivity index (χ3n) is 3.73. The summed E-state index contributed by atoms with van der Waals surface area (Å²) in [5.41, 5.74) is -1.28. The van der Waals surface area contributed by atoms with Crippen molar-refractivity contribution in [3.8, 4) is 0 Å². The third kappa shape index (κ3) is 3.28. The first-order valence-corrected chi connectivity index (χ1v) is 7.15. The predicted octanol–water partition coefficient (Wildman–Crippen LogP) is 2.48. The molecule has 0 radical (unpaired) electrons. The van der Waals surface area contributed by atoms with Gasteiger partial charge in [0.2, 0.25) is 0 Å². The summed E-state index contributed by atoms with van der Waals surface area (Å²) in [6, 6.07) is 7.07. The molecule has 0 spiro atoms. The zero-order chi connectivity index (χ0) is 16.2. The summed E-state index contributed by atoms with van der Waals surface area (Å²) in [6.45, 7) is 3.97. The Morgan fingerprint density at radius 2 is 2.05 bits per heavy atom. The topological polar surface area (TPSA) is 72.5 Å². The number of aromatic nitrogens is 3. The standard InChI is InChI=1S/C15H19ClN4O2/c1-14(2,8-19-22-3)15(21,9-20-11-17-10-18-20)12-4-6-13(16)7-5-12/h4-8,10-11,21H,9H2,1-3H3. The minimum absolute atomic E-state index is 0.220. The minimum atomic E-state index is -1.27. The third-order valence-corrected chi connectivity index (χ3v) is 3.98. The van der Waals surface area contributed by atoms with Gasteiger partial charge in [-0.1, -0.05) is 42.7 Å². The van der Waals surface area contributed by atoms with Gasteiger partial charge in [0.15, 0.2) is 0 Å². The first-order valence-electron chi connectivity index (χ1n) is 6.77. The van der Waals surface area contributed by atoms with Gasteiger partial charge >= 0.3 is 0 Å². The van der Waals surface area contributed by atoms with Crippen LogP contribution in [0.15, 0.2) is 42.1 Å². The van der Waals surface area contributed by atoms with Crippen molar-refractivity contribution in [2.24, 2.45) is 10.6 Å². The van der Waals surface area contributed by atoms with E-state index in [4.69, 9.17) is 16.4 Å². The monoisotopic (exact) mass is 322 g/mol. The maximum Gasteiger partial charge on any atom is 0.137 e. The largest absolute Gasteiger partial charge is 0.399 e. The van der Waals surface area contributed by atoms with E-state index in [0.29, 0.717) is 10.6 Å². The fraction of sp³-hybridized carbons (Fsp3) is 0.400. The molecule has 2 aromatic rings. The van der Waals surface area contributed by atoms with Crippen LogP contribution in [-0.2, 0) is 17.0 Å². The highest BCUT2D eigenvalue weighted by atomic mass is 35.5. The van der Waals surface area contributed by atoms with Crippen LogP contribution in [0.5, 0.6) is 0 Å². The number of nitrogens with zero attached hydrogens (tertiary/aromatic N) is 4. The van der Waals surface area contributed by atoms with E-state index in [2.05, 4.69) is 15.2 Å². The molecule has 0 aliphatic carbocycles. The average Bonchev–Trinajstić information content (AvgIpc) is 2.98. The van der Waals surface area contributed by atoms with Gasteiger partial charge < -0.3 is 9.94 Å². The SMILES string of the molecule is CON=CC(C)(C)C(O)(Cn1cncn1)c1ccc(Cl)cc1. The van der Waals surface area contributed by atoms with Gasteiger partial charge in [-0.25, -0.2) is 9.67 Å². The maximum absolute atomic E-state index is 11.4. The summed E-state index contributed by atoms with van der Waals surface area (Å²) in [4.78, 5) is 8.69. The highest BCUT2D eigenvalue weighted by Gasteiger charge is 2.45. The average molecular weight is 323 g/mol. The van der Waals surface area contributed by atoms with Crippen molar-refractivity contribution >= 4 is 17.8 Å². The molecule has 0 saturated heterocycles. The van der Waals surface area contributed by atoms with Crippen molar-refractivity contribution in [3.63, 3.8) is 0 Å². The molecule has 1 atom stereocenters. The predicted molar refractivity (Wildman–Crippen MR) is 84.7 cm³/mol. The van der Waals surface area contributed by atoms with Crippen molar-refractivity contribution < 1.29 is 9.94 Å². The second-order valence-corrected chi connectivity index (χ2v) is 6.04. The van der Waals surface area contributed by atoms with E-state index in [1.165, 1.54) is 13.4 Å². The number of rotatable bonds is 6. The molecule has 0 aliphatic rings. The molecular weight excluding hydrogens is 304 g/mol. The molecule has 1 aromatic heterocycles. The fourth-order valence-electron chi connectivity index (χ4n) is 2.23. The van der Waals surface area contributed by atoms with Gasteiger partial charge in [-0.2, -0.15) is 5.10 Å². The van der Waals surface area contributed by atoms with Crippen LogP contribution in [0, 0.1) is 5.41 Å². The molecule has 0 fully saturated rings. The number of aliphatic hydroxyl groups is 1. The first-order chi connectivity index (χ1) is 10.4. The van der Waals surface area contributed by atoms with Crippen LogP contribution in [-0.4, -0.2) is 33.2 Å². The van der Waals surface area contributed by atoms with Gasteiger partial charge in [0.1, 0.15) is 25.4 Å². The lowest BCUT2D eigenvalue weighted by atomic mass is 9.71. The van der Waals surface area contributed by atoms with E-state index in [1.807, 2.05) is 13.8 Å². The smallest absolute Gasteiger partial charge is 0.137 e. The van der Waals surface area contributed by atoms with Crippen molar-refractivity contribution in [1.82, 2.24) is 14.8 Å². The number of oxime groups is 1. The normalized spacial score (nSPS) is 15.0. The molecule has 0 amide bonds. The molecule has 118 valence electrons. The van der Waals surface area contributed by atoms with Crippen molar-refractivity contribution in [2.45, 2.75) is 26.0 Å². The molecular formula is C15H19ClN4O2. The molecule has 22 heavy (non-hydrogen) atoms. The molecule has 2 rings (SSSR count). The van der Waals surface area contributed by atoms with Crippen LogP contribution in [0.1, 0.15) is 19.4 Å². The fourth-order valence-corrected chi connectivity index (χ4v) is 2.36. The molecule has 0 aliphatic heterocycles. The van der Waals surface area contributed by atoms with E-state index in [-0.39, 0.29) is 6.54 Å². The number of hydrogen-bond acceptors (Lipinski definition) is 5. The summed E-state index contributed by atoms with van der Waals surface area (Å²) >= 11 is 5.95. The lowest BCUT2D eigenvalue weighted by Crippen LogP contribution is -2.46. The second-order valence-electron chi connectivity index (χ2n) is 5.60. The summed E-state index contributed by atoms with van der Waals surface area (Å²) < 4.78 is 1.58. The van der Waals surface area contributed by atoms with Gasteiger partial charge in [0.25, 0.3) is 0 Å². The Bertz CT molecular complexity index is 626. The quantitative estimate of drug-likeness (QED) is 0.655. The Morgan fingerprint density at radius 1 is 1.36 bits per heavy atom. The maximum atomic E-state index is 11.4. The molecule has 1 unspecified atom stereocenters. The van der Waals surface area contributed by atoms with Gasteiger partial charge in [-0.15, -0.1) is 0 Å². The highest BCUT2D eigenvalue weighted by Crippen LogP contribution is 2.40. The number of halogens is 1. The summed E-state index contributed by atoms with van der Waals surface area (Å²) in [5.74, 6) is 0. The zero-order valence-electron chi connectivity index (χ0n) is 12.8. The van der Waals surface area contributed by atoms with E-state index >= 15 is 0 Å². The van der Waals surface area contributed by atoms with E-state index in [0.717, 1.165) is 0 Å². The van der Waals surface area contributed by atoms with Crippen LogP contribution in [0.25, 0.3) is 0 Å². The van der Waals surface area contributed by atoms with E-state index in [9.17, 15) is 5.11 Å². The van der Waals surface area contributed by atoms with Gasteiger partial charge in [0, 0.05) is 10.4 Å². The summed E-state index contributed by atoms with van der Waals surface area (Å²) in [7, 11) is 1.46. The molecule has 1 N–H and O–H groups in total. The Hall–Kier alpha value is -1.92. The highest BCUT2D eigenvalue weighted by molar-refractivity contribution is 6.30. The van der Waals surface area contributed by atoms with Crippen LogP contribution in [0.3, 0.4) is 0 Å². The minimum Gasteiger partial charge on any atom is -0.399 e. The van der Waals surface area contributed by atoms with Gasteiger partial charge in [-0.05, 0) is 17.7 Å². The lowest BCUT2D eigenvalue weighted by Gasteiger charge is -2.40. The Morgan fingerprint density at radius 3 is 2.59 bits per heavy atom. The number of benzene rings is 1. The molecule has 6 nitrogen and oxygen atoms in total. The van der Waals surface area contributed by atoms with Crippen LogP contribution in [0.4, 0.5) is 0 Å². The van der Waals surface area contributed by atoms with Crippen molar-refractivity contribution in [3.05, 3.63) is 47.5 Å². The molecule has 1 aromatic carbocycles. The van der Waals surface area contributed by atoms with Crippen LogP contribution < -0.4 is 0 Å². The van der Waals surface area contributed by atoms with E-state index in [1.54, 1.807) is 41.5 Å². The molecule has 7 heteroatoms. The Labute approximate surface area is 134 Å². The summed E-state index contributed by atoms with van der Waals surface area (Å²) in [6.07, 6.45) is 4.57. The molecule has 0 saturated carbocycles. The van der Waals surface area contributed by atoms with Crippen molar-refractivity contribution in [1.29, 1.82) is 0 Å². The van der Waals surface area contributed by atoms with E-state index < -0.39 is 11.0 Å². The zero-order valence-corrected chi connectivity index (χ0v) is 13.5. The Balaban J connectivity index is 2.47. The van der Waals surface area contributed by atoms with Gasteiger partial charge in [0.05, 0.1) is 12.8 Å². The summed E-state index contributed by atoms with van der Waals surface area (Å²) in [5, 5.41) is 19.9. The lowest BCUT2D eigenvalue weighted by molar-refractivity contribution is -0.0552. The van der Waals surface area contributed by atoms with Crippen LogP contribution in [0.2, 0.25) is 5.02 Å².